The molecule has 0 aliphatic heterocycles. The van der Waals surface area contributed by atoms with Gasteiger partial charge in [0.2, 0.25) is 5.91 Å². The molecule has 2 atom stereocenters. The van der Waals surface area contributed by atoms with E-state index in [1.807, 2.05) is 0 Å². The number of nitrogens with two attached hydrogens (primary N) is 1. The predicted molar refractivity (Wildman–Crippen MR) is 75.6 cm³/mol. The van der Waals surface area contributed by atoms with Gasteiger partial charge in [0.25, 0.3) is 0 Å². The highest BCUT2D eigenvalue weighted by atomic mass is 16.4. The lowest BCUT2D eigenvalue weighted by Gasteiger charge is -2.21. The van der Waals surface area contributed by atoms with Gasteiger partial charge in [-0.15, -0.1) is 0 Å². The molecule has 0 aliphatic rings. The third-order valence-electron chi connectivity index (χ3n) is 3.47. The quantitative estimate of drug-likeness (QED) is 0.594. The van der Waals surface area contributed by atoms with E-state index < -0.39 is 12.0 Å². The van der Waals surface area contributed by atoms with Gasteiger partial charge in [-0.05, 0) is 37.1 Å². The van der Waals surface area contributed by atoms with E-state index in [9.17, 15) is 9.59 Å². The molecule has 112 valence electrons. The van der Waals surface area contributed by atoms with Gasteiger partial charge in [0, 0.05) is 6.42 Å². The molecule has 2 unspecified atom stereocenters. The number of aliphatic carboxylic acids is 1. The van der Waals surface area contributed by atoms with Gasteiger partial charge in [-0.3, -0.25) is 4.79 Å². The lowest BCUT2D eigenvalue weighted by atomic mass is 9.88. The van der Waals surface area contributed by atoms with Crippen LogP contribution in [0, 0.1) is 17.8 Å². The first-order chi connectivity index (χ1) is 8.79. The lowest BCUT2D eigenvalue weighted by molar-refractivity contribution is -0.143. The Morgan fingerprint density at radius 1 is 1.11 bits per heavy atom. The molecule has 4 N–H and O–H groups in total. The number of carboxylic acids is 1. The van der Waals surface area contributed by atoms with Gasteiger partial charge in [0.05, 0.1) is 0 Å². The smallest absolute Gasteiger partial charge is 0.326 e. The zero-order chi connectivity index (χ0) is 15.0. The van der Waals surface area contributed by atoms with Crippen LogP contribution in [0.3, 0.4) is 0 Å². The first kappa shape index (κ1) is 17.9. The van der Waals surface area contributed by atoms with Crippen LogP contribution in [0.4, 0.5) is 0 Å². The van der Waals surface area contributed by atoms with Crippen LogP contribution < -0.4 is 11.1 Å². The summed E-state index contributed by atoms with van der Waals surface area (Å²) in [6.07, 6.45) is 2.02. The summed E-state index contributed by atoms with van der Waals surface area (Å²) < 4.78 is 0. The largest absolute Gasteiger partial charge is 0.480 e. The van der Waals surface area contributed by atoms with E-state index in [1.165, 1.54) is 0 Å². The number of nitrogens with one attached hydrogen (secondary N) is 1. The van der Waals surface area contributed by atoms with Gasteiger partial charge in [-0.25, -0.2) is 4.79 Å². The van der Waals surface area contributed by atoms with E-state index in [1.54, 1.807) is 13.8 Å². The zero-order valence-electron chi connectivity index (χ0n) is 12.5. The van der Waals surface area contributed by atoms with Crippen LogP contribution in [-0.2, 0) is 9.59 Å². The van der Waals surface area contributed by atoms with Gasteiger partial charge in [0.15, 0.2) is 0 Å². The van der Waals surface area contributed by atoms with Crippen molar-refractivity contribution in [3.05, 3.63) is 0 Å². The van der Waals surface area contributed by atoms with Crippen molar-refractivity contribution in [2.75, 3.05) is 6.54 Å². The van der Waals surface area contributed by atoms with Crippen molar-refractivity contribution in [3.63, 3.8) is 0 Å². The van der Waals surface area contributed by atoms with Gasteiger partial charge in [0.1, 0.15) is 6.04 Å². The molecule has 0 heterocycles. The Morgan fingerprint density at radius 2 is 1.68 bits per heavy atom. The molecule has 0 aromatic heterocycles. The molecule has 0 saturated carbocycles. The molecule has 0 saturated heterocycles. The SMILES string of the molecule is CC(C)C(CCN)CCC(=O)NC(C(=O)O)C(C)C. The summed E-state index contributed by atoms with van der Waals surface area (Å²) in [5.41, 5.74) is 5.56. The standard InChI is InChI=1S/C14H28N2O3/c1-9(2)11(7-8-15)5-6-12(17)16-13(10(3)4)14(18)19/h9-11,13H,5-8,15H2,1-4H3,(H,16,17)(H,18,19). The molecular weight excluding hydrogens is 244 g/mol. The van der Waals surface area contributed by atoms with E-state index in [-0.39, 0.29) is 11.8 Å². The highest BCUT2D eigenvalue weighted by molar-refractivity contribution is 5.83. The Balaban J connectivity index is 4.26. The molecule has 0 radical (unpaired) electrons. The van der Waals surface area contributed by atoms with Gasteiger partial charge >= 0.3 is 5.97 Å². The van der Waals surface area contributed by atoms with Crippen molar-refractivity contribution < 1.29 is 14.7 Å². The minimum atomic E-state index is -0.981. The third-order valence-corrected chi connectivity index (χ3v) is 3.47. The van der Waals surface area contributed by atoms with Crippen molar-refractivity contribution in [1.82, 2.24) is 5.32 Å². The van der Waals surface area contributed by atoms with Crippen LogP contribution in [0.15, 0.2) is 0 Å². The predicted octanol–water partition coefficient (Wildman–Crippen LogP) is 1.61. The Bertz CT molecular complexity index is 290. The third kappa shape index (κ3) is 7.15. The van der Waals surface area contributed by atoms with Crippen molar-refractivity contribution in [3.8, 4) is 0 Å². The Hall–Kier alpha value is -1.10. The molecule has 5 heteroatoms. The van der Waals surface area contributed by atoms with E-state index in [4.69, 9.17) is 10.8 Å². The molecule has 0 spiro atoms. The zero-order valence-corrected chi connectivity index (χ0v) is 12.5. The fourth-order valence-electron chi connectivity index (χ4n) is 2.10. The maximum absolute atomic E-state index is 11.8. The normalized spacial score (nSPS) is 14.5. The van der Waals surface area contributed by atoms with Crippen molar-refractivity contribution in [2.24, 2.45) is 23.5 Å². The highest BCUT2D eigenvalue weighted by Crippen LogP contribution is 2.20. The summed E-state index contributed by atoms with van der Waals surface area (Å²) in [4.78, 5) is 22.8. The van der Waals surface area contributed by atoms with Crippen molar-refractivity contribution in [2.45, 2.75) is 53.0 Å². The molecule has 19 heavy (non-hydrogen) atoms. The van der Waals surface area contributed by atoms with Crippen molar-refractivity contribution in [1.29, 1.82) is 0 Å². The number of amides is 1. The first-order valence-corrected chi connectivity index (χ1v) is 7.01. The van der Waals surface area contributed by atoms with Gasteiger partial charge in [-0.2, -0.15) is 0 Å². The second-order valence-corrected chi connectivity index (χ2v) is 5.75. The van der Waals surface area contributed by atoms with Crippen LogP contribution in [-0.4, -0.2) is 29.6 Å². The molecule has 0 rings (SSSR count). The van der Waals surface area contributed by atoms with Gasteiger partial charge in [-0.1, -0.05) is 27.7 Å². The monoisotopic (exact) mass is 272 g/mol. The summed E-state index contributed by atoms with van der Waals surface area (Å²) in [5.74, 6) is -0.393. The van der Waals surface area contributed by atoms with Crippen LogP contribution in [0.25, 0.3) is 0 Å². The topological polar surface area (TPSA) is 92.4 Å². The summed E-state index contributed by atoms with van der Waals surface area (Å²) in [6.45, 7) is 8.42. The maximum Gasteiger partial charge on any atom is 0.326 e. The number of carboxylic acid groups (broad SMARTS) is 1. The number of rotatable bonds is 9. The Labute approximate surface area is 115 Å². The maximum atomic E-state index is 11.8. The van der Waals surface area contributed by atoms with Crippen LogP contribution in [0.5, 0.6) is 0 Å². The van der Waals surface area contributed by atoms with Crippen LogP contribution in [0.2, 0.25) is 0 Å². The van der Waals surface area contributed by atoms with Gasteiger partial charge < -0.3 is 16.2 Å². The second-order valence-electron chi connectivity index (χ2n) is 5.75. The molecule has 1 amide bonds. The second kappa shape index (κ2) is 8.91. The number of hydrogen-bond donors (Lipinski definition) is 3. The molecule has 0 aromatic rings. The average Bonchev–Trinajstić information content (AvgIpc) is 2.30. The minimum Gasteiger partial charge on any atom is -0.480 e. The van der Waals surface area contributed by atoms with Crippen molar-refractivity contribution >= 4 is 11.9 Å². The molecule has 5 nitrogen and oxygen atoms in total. The fraction of sp³-hybridized carbons (Fsp3) is 0.857. The summed E-state index contributed by atoms with van der Waals surface area (Å²) in [7, 11) is 0. The molecular formula is C14H28N2O3. The molecule has 0 aliphatic carbocycles. The van der Waals surface area contributed by atoms with E-state index >= 15 is 0 Å². The summed E-state index contributed by atoms with van der Waals surface area (Å²) >= 11 is 0. The molecule has 0 fully saturated rings. The van der Waals surface area contributed by atoms with Crippen LogP contribution in [0.1, 0.15) is 47.0 Å². The highest BCUT2D eigenvalue weighted by Gasteiger charge is 2.23. The number of carbonyl (C=O) groups is 2. The summed E-state index contributed by atoms with van der Waals surface area (Å²) in [5, 5.41) is 11.6. The Kier molecular flexibility index (Phi) is 8.39. The Morgan fingerprint density at radius 3 is 2.05 bits per heavy atom. The van der Waals surface area contributed by atoms with E-state index in [0.29, 0.717) is 24.8 Å². The van der Waals surface area contributed by atoms with E-state index in [2.05, 4.69) is 19.2 Å². The van der Waals surface area contributed by atoms with E-state index in [0.717, 1.165) is 12.8 Å². The molecule has 0 bridgehead atoms. The minimum absolute atomic E-state index is 0.119. The number of carbonyl (C=O) groups excluding carboxylic acids is 1. The first-order valence-electron chi connectivity index (χ1n) is 7.01. The average molecular weight is 272 g/mol. The number of hydrogen-bond acceptors (Lipinski definition) is 3. The lowest BCUT2D eigenvalue weighted by Crippen LogP contribution is -2.44. The summed E-state index contributed by atoms with van der Waals surface area (Å²) in [6, 6.07) is -0.806. The molecule has 0 aromatic carbocycles. The van der Waals surface area contributed by atoms with Crippen LogP contribution >= 0.6 is 0 Å². The fourth-order valence-corrected chi connectivity index (χ4v) is 2.10.